The van der Waals surface area contributed by atoms with Crippen LogP contribution < -0.4 is 5.32 Å². The van der Waals surface area contributed by atoms with Crippen LogP contribution in [0, 0.1) is 12.3 Å². The second-order valence-electron chi connectivity index (χ2n) is 5.93. The van der Waals surface area contributed by atoms with Crippen LogP contribution in [0.4, 0.5) is 0 Å². The Morgan fingerprint density at radius 1 is 1.28 bits per heavy atom. The summed E-state index contributed by atoms with van der Waals surface area (Å²) in [5, 5.41) is 18.1. The number of aryl methyl sites for hydroxylation is 1. The number of aromatic amines is 1. The van der Waals surface area contributed by atoms with E-state index in [0.717, 1.165) is 24.2 Å². The van der Waals surface area contributed by atoms with Crippen LogP contribution in [0.15, 0.2) is 34.5 Å². The van der Waals surface area contributed by atoms with Crippen molar-refractivity contribution in [1.29, 1.82) is 0 Å². The smallest absolute Gasteiger partial charge is 0.251 e. The first-order valence-electron chi connectivity index (χ1n) is 8.33. The lowest BCUT2D eigenvalue weighted by atomic mass is 10.0. The van der Waals surface area contributed by atoms with Crippen molar-refractivity contribution in [2.24, 2.45) is 10.2 Å². The van der Waals surface area contributed by atoms with Crippen molar-refractivity contribution >= 4 is 5.91 Å². The minimum absolute atomic E-state index is 0.122. The second-order valence-corrected chi connectivity index (χ2v) is 5.93. The number of amides is 1. The van der Waals surface area contributed by atoms with Crippen LogP contribution in [0.3, 0.4) is 0 Å². The number of carbonyl (C=O) groups excluding carboxylic acids is 1. The maximum absolute atomic E-state index is 12.2. The van der Waals surface area contributed by atoms with E-state index in [9.17, 15) is 4.79 Å². The molecule has 0 fully saturated rings. The highest BCUT2D eigenvalue weighted by Gasteiger charge is 2.38. The minimum Gasteiger partial charge on any atom is -0.352 e. The van der Waals surface area contributed by atoms with Gasteiger partial charge in [-0.2, -0.15) is 15.3 Å². The molecule has 1 aromatic heterocycles. The fourth-order valence-corrected chi connectivity index (χ4v) is 2.50. The predicted molar refractivity (Wildman–Crippen MR) is 93.8 cm³/mol. The van der Waals surface area contributed by atoms with E-state index in [2.05, 4.69) is 36.6 Å². The molecule has 0 saturated carbocycles. The van der Waals surface area contributed by atoms with Gasteiger partial charge in [-0.25, -0.2) is 4.98 Å². The SMILES string of the molecule is C#CCCC1(CCNC(=O)c2ccc(-c3n[nH]c(CC)n3)cc2)N=N1. The van der Waals surface area contributed by atoms with Crippen molar-refractivity contribution in [3.8, 4) is 23.7 Å². The molecule has 0 saturated heterocycles. The molecule has 1 aromatic carbocycles. The summed E-state index contributed by atoms with van der Waals surface area (Å²) in [6.07, 6.45) is 8.13. The molecule has 2 N–H and O–H groups in total. The molecule has 0 unspecified atom stereocenters. The Balaban J connectivity index is 1.52. The number of nitrogens with one attached hydrogen (secondary N) is 2. The quantitative estimate of drug-likeness (QED) is 0.726. The largest absolute Gasteiger partial charge is 0.352 e. The van der Waals surface area contributed by atoms with Gasteiger partial charge in [0.2, 0.25) is 0 Å². The number of rotatable bonds is 8. The number of carbonyl (C=O) groups is 1. The van der Waals surface area contributed by atoms with Crippen molar-refractivity contribution in [3.63, 3.8) is 0 Å². The number of hydrogen-bond acceptors (Lipinski definition) is 5. The van der Waals surface area contributed by atoms with Crippen LogP contribution in [0.1, 0.15) is 42.4 Å². The first kappa shape index (κ1) is 16.8. The van der Waals surface area contributed by atoms with Gasteiger partial charge in [-0.3, -0.25) is 9.89 Å². The van der Waals surface area contributed by atoms with E-state index in [-0.39, 0.29) is 11.6 Å². The highest BCUT2D eigenvalue weighted by molar-refractivity contribution is 5.94. The summed E-state index contributed by atoms with van der Waals surface area (Å²) in [7, 11) is 0. The van der Waals surface area contributed by atoms with Crippen LogP contribution in [0.5, 0.6) is 0 Å². The molecule has 0 radical (unpaired) electrons. The van der Waals surface area contributed by atoms with Gasteiger partial charge in [-0.05, 0) is 12.1 Å². The summed E-state index contributed by atoms with van der Waals surface area (Å²) in [4.78, 5) is 16.6. The summed E-state index contributed by atoms with van der Waals surface area (Å²) in [5.41, 5.74) is 1.10. The zero-order valence-electron chi connectivity index (χ0n) is 14.1. The van der Waals surface area contributed by atoms with Crippen molar-refractivity contribution < 1.29 is 4.79 Å². The van der Waals surface area contributed by atoms with Crippen LogP contribution in [0.25, 0.3) is 11.4 Å². The van der Waals surface area contributed by atoms with Crippen LogP contribution in [-0.2, 0) is 6.42 Å². The lowest BCUT2D eigenvalue weighted by Crippen LogP contribution is -2.28. The molecule has 7 heteroatoms. The molecular weight excluding hydrogens is 316 g/mol. The Morgan fingerprint density at radius 3 is 2.64 bits per heavy atom. The van der Waals surface area contributed by atoms with E-state index in [1.165, 1.54) is 0 Å². The van der Waals surface area contributed by atoms with Gasteiger partial charge in [0.25, 0.3) is 5.91 Å². The first-order valence-corrected chi connectivity index (χ1v) is 8.33. The third-order valence-electron chi connectivity index (χ3n) is 4.14. The van der Waals surface area contributed by atoms with Gasteiger partial charge in [-0.15, -0.1) is 12.3 Å². The zero-order valence-corrected chi connectivity index (χ0v) is 14.1. The Kier molecular flexibility index (Phi) is 4.89. The summed E-state index contributed by atoms with van der Waals surface area (Å²) >= 11 is 0. The van der Waals surface area contributed by atoms with Crippen LogP contribution in [0.2, 0.25) is 0 Å². The molecule has 1 aliphatic heterocycles. The number of hydrogen-bond donors (Lipinski definition) is 2. The standard InChI is InChI=1S/C18H20N6O/c1-3-5-10-18(23-24-18)11-12-19-17(25)14-8-6-13(7-9-14)16-20-15(4-2)21-22-16/h1,6-9H,4-5,10-12H2,2H3,(H,19,25)(H,20,21,22). The Bertz CT molecular complexity index is 809. The molecule has 1 amide bonds. The topological polar surface area (TPSA) is 95.4 Å². The maximum Gasteiger partial charge on any atom is 0.251 e. The van der Waals surface area contributed by atoms with E-state index in [0.29, 0.717) is 30.8 Å². The number of aromatic nitrogens is 3. The van der Waals surface area contributed by atoms with Gasteiger partial charge in [0, 0.05) is 43.4 Å². The second kappa shape index (κ2) is 7.26. The van der Waals surface area contributed by atoms with E-state index < -0.39 is 0 Å². The summed E-state index contributed by atoms with van der Waals surface area (Å²) < 4.78 is 0. The molecule has 3 rings (SSSR count). The molecule has 1 aliphatic rings. The van der Waals surface area contributed by atoms with Crippen molar-refractivity contribution in [2.45, 2.75) is 38.3 Å². The summed E-state index contributed by atoms with van der Waals surface area (Å²) in [6, 6.07) is 7.23. The summed E-state index contributed by atoms with van der Waals surface area (Å²) in [6.45, 7) is 2.52. The molecule has 2 aromatic rings. The van der Waals surface area contributed by atoms with Crippen LogP contribution >= 0.6 is 0 Å². The van der Waals surface area contributed by atoms with E-state index >= 15 is 0 Å². The lowest BCUT2D eigenvalue weighted by molar-refractivity contribution is 0.0952. The van der Waals surface area contributed by atoms with Gasteiger partial charge in [0.15, 0.2) is 11.5 Å². The van der Waals surface area contributed by atoms with Gasteiger partial charge >= 0.3 is 0 Å². The predicted octanol–water partition coefficient (Wildman–Crippen LogP) is 2.73. The molecule has 0 bridgehead atoms. The fraction of sp³-hybridized carbons (Fsp3) is 0.389. The molecule has 128 valence electrons. The minimum atomic E-state index is -0.369. The molecular formula is C18H20N6O. The zero-order chi connectivity index (χ0) is 17.7. The van der Waals surface area contributed by atoms with Gasteiger partial charge < -0.3 is 5.32 Å². The van der Waals surface area contributed by atoms with E-state index in [4.69, 9.17) is 6.42 Å². The van der Waals surface area contributed by atoms with Gasteiger partial charge in [-0.1, -0.05) is 19.1 Å². The monoisotopic (exact) mass is 336 g/mol. The average Bonchev–Trinajstić information content (AvgIpc) is 3.24. The lowest BCUT2D eigenvalue weighted by Gasteiger charge is -2.10. The summed E-state index contributed by atoms with van der Waals surface area (Å²) in [5.74, 6) is 3.95. The molecule has 0 spiro atoms. The van der Waals surface area contributed by atoms with Gasteiger partial charge in [0.05, 0.1) is 0 Å². The van der Waals surface area contributed by atoms with E-state index in [1.54, 1.807) is 12.1 Å². The highest BCUT2D eigenvalue weighted by Crippen LogP contribution is 2.36. The Labute approximate surface area is 146 Å². The van der Waals surface area contributed by atoms with Crippen molar-refractivity contribution in [2.75, 3.05) is 6.54 Å². The Hall–Kier alpha value is -3.01. The molecule has 7 nitrogen and oxygen atoms in total. The normalized spacial score (nSPS) is 14.1. The average molecular weight is 336 g/mol. The first-order chi connectivity index (χ1) is 12.2. The van der Waals surface area contributed by atoms with E-state index in [1.807, 2.05) is 19.1 Å². The molecule has 25 heavy (non-hydrogen) atoms. The van der Waals surface area contributed by atoms with Crippen molar-refractivity contribution in [1.82, 2.24) is 20.5 Å². The third-order valence-corrected chi connectivity index (χ3v) is 4.14. The number of nitrogens with zero attached hydrogens (tertiary/aromatic N) is 4. The molecule has 0 aliphatic carbocycles. The maximum atomic E-state index is 12.2. The number of terminal acetylenes is 1. The highest BCUT2D eigenvalue weighted by atomic mass is 16.1. The number of H-pyrrole nitrogens is 1. The molecule has 2 heterocycles. The fourth-order valence-electron chi connectivity index (χ4n) is 2.50. The number of benzene rings is 1. The van der Waals surface area contributed by atoms with Crippen LogP contribution in [-0.4, -0.2) is 33.3 Å². The van der Waals surface area contributed by atoms with Gasteiger partial charge in [0.1, 0.15) is 5.82 Å². The third kappa shape index (κ3) is 4.10. The van der Waals surface area contributed by atoms with Crippen molar-refractivity contribution in [3.05, 3.63) is 35.7 Å². The Morgan fingerprint density at radius 2 is 2.04 bits per heavy atom. The molecule has 0 atom stereocenters.